The van der Waals surface area contributed by atoms with Crippen molar-refractivity contribution in [1.82, 2.24) is 4.90 Å². The van der Waals surface area contributed by atoms with Crippen LogP contribution in [0.15, 0.2) is 29.2 Å². The molecule has 0 aromatic heterocycles. The van der Waals surface area contributed by atoms with E-state index >= 15 is 0 Å². The van der Waals surface area contributed by atoms with Crippen LogP contribution in [0.3, 0.4) is 0 Å². The Hall–Kier alpha value is -1.56. The Bertz CT molecular complexity index is 748. The second-order valence-corrected chi connectivity index (χ2v) is 10.7. The van der Waals surface area contributed by atoms with Gasteiger partial charge in [-0.1, -0.05) is 12.1 Å². The van der Waals surface area contributed by atoms with Crippen LogP contribution in [-0.4, -0.2) is 44.4 Å². The van der Waals surface area contributed by atoms with Gasteiger partial charge in [0.25, 0.3) is 0 Å². The van der Waals surface area contributed by atoms with Crippen LogP contribution in [0.1, 0.15) is 39.2 Å². The highest BCUT2D eigenvalue weighted by molar-refractivity contribution is 7.90. The van der Waals surface area contributed by atoms with Gasteiger partial charge in [0, 0.05) is 24.8 Å². The van der Waals surface area contributed by atoms with Crippen molar-refractivity contribution < 1.29 is 17.9 Å². The molecule has 2 fully saturated rings. The maximum Gasteiger partial charge on any atom is 0.410 e. The largest absolute Gasteiger partial charge is 0.444 e. The van der Waals surface area contributed by atoms with Crippen molar-refractivity contribution in [2.45, 2.75) is 50.5 Å². The van der Waals surface area contributed by atoms with E-state index in [1.807, 2.05) is 32.9 Å². The van der Waals surface area contributed by atoms with E-state index in [1.165, 1.54) is 11.8 Å². The maximum absolute atomic E-state index is 12.0. The predicted octanol–water partition coefficient (Wildman–Crippen LogP) is 3.28. The Morgan fingerprint density at radius 1 is 1.20 bits per heavy atom. The SMILES string of the molecule is CC(C)(C)OC(=O)N1CC2(CC(Cc3ccc(S(C)(=O)=O)cc3)C2)C1. The number of nitrogens with zero attached hydrogens (tertiary/aromatic N) is 1. The van der Waals surface area contributed by atoms with Gasteiger partial charge in [0.1, 0.15) is 5.60 Å². The van der Waals surface area contributed by atoms with E-state index < -0.39 is 15.4 Å². The van der Waals surface area contributed by atoms with E-state index in [4.69, 9.17) is 4.74 Å². The highest BCUT2D eigenvalue weighted by atomic mass is 32.2. The molecular formula is C19H27NO4S. The smallest absolute Gasteiger partial charge is 0.410 e. The van der Waals surface area contributed by atoms with Crippen LogP contribution in [-0.2, 0) is 21.0 Å². The molecule has 1 aliphatic carbocycles. The zero-order valence-electron chi connectivity index (χ0n) is 15.4. The predicted molar refractivity (Wildman–Crippen MR) is 96.2 cm³/mol. The van der Waals surface area contributed by atoms with Crippen molar-refractivity contribution in [1.29, 1.82) is 0 Å². The summed E-state index contributed by atoms with van der Waals surface area (Å²) in [5.41, 5.74) is 1.02. The topological polar surface area (TPSA) is 63.7 Å². The Morgan fingerprint density at radius 2 is 1.76 bits per heavy atom. The summed E-state index contributed by atoms with van der Waals surface area (Å²) in [6.07, 6.45) is 4.24. The molecule has 0 unspecified atom stereocenters. The van der Waals surface area contributed by atoms with Crippen molar-refractivity contribution in [3.05, 3.63) is 29.8 Å². The molecule has 0 bridgehead atoms. The van der Waals surface area contributed by atoms with Gasteiger partial charge in [-0.15, -0.1) is 0 Å². The fraction of sp³-hybridized carbons (Fsp3) is 0.632. The molecule has 1 amide bonds. The van der Waals surface area contributed by atoms with Gasteiger partial charge >= 0.3 is 6.09 Å². The average molecular weight is 365 g/mol. The van der Waals surface area contributed by atoms with Crippen LogP contribution < -0.4 is 0 Å². The molecule has 5 nitrogen and oxygen atoms in total. The molecule has 2 aliphatic rings. The number of rotatable bonds is 3. The van der Waals surface area contributed by atoms with Crippen LogP contribution in [0.4, 0.5) is 4.79 Å². The molecule has 138 valence electrons. The molecule has 1 aromatic rings. The lowest BCUT2D eigenvalue weighted by atomic mass is 9.56. The molecule has 1 aliphatic heterocycles. The number of sulfone groups is 1. The second-order valence-electron chi connectivity index (χ2n) is 8.73. The summed E-state index contributed by atoms with van der Waals surface area (Å²) in [7, 11) is -3.13. The van der Waals surface area contributed by atoms with Gasteiger partial charge in [0.15, 0.2) is 9.84 Å². The monoisotopic (exact) mass is 365 g/mol. The summed E-state index contributed by atoms with van der Waals surface area (Å²) in [5, 5.41) is 0. The minimum absolute atomic E-state index is 0.210. The van der Waals surface area contributed by atoms with Crippen molar-refractivity contribution in [3.8, 4) is 0 Å². The summed E-state index contributed by atoms with van der Waals surface area (Å²) in [6.45, 7) is 7.25. The molecule has 0 N–H and O–H groups in total. The molecule has 0 atom stereocenters. The summed E-state index contributed by atoms with van der Waals surface area (Å²) >= 11 is 0. The first-order chi connectivity index (χ1) is 11.5. The summed E-state index contributed by atoms with van der Waals surface area (Å²) in [6, 6.07) is 7.20. The Morgan fingerprint density at radius 3 is 2.24 bits per heavy atom. The third-order valence-electron chi connectivity index (χ3n) is 5.02. The Kier molecular flexibility index (Phi) is 4.38. The number of carbonyl (C=O) groups is 1. The van der Waals surface area contributed by atoms with Crippen molar-refractivity contribution >= 4 is 15.9 Å². The molecule has 1 saturated carbocycles. The molecule has 1 aromatic carbocycles. The van der Waals surface area contributed by atoms with E-state index in [9.17, 15) is 13.2 Å². The molecule has 1 spiro atoms. The summed E-state index contributed by atoms with van der Waals surface area (Å²) in [4.78, 5) is 14.2. The van der Waals surface area contributed by atoms with Gasteiger partial charge in [-0.2, -0.15) is 0 Å². The number of likely N-dealkylation sites (tertiary alicyclic amines) is 1. The first-order valence-electron chi connectivity index (χ1n) is 8.73. The van der Waals surface area contributed by atoms with Gasteiger partial charge in [-0.25, -0.2) is 13.2 Å². The molecular weight excluding hydrogens is 338 g/mol. The van der Waals surface area contributed by atoms with Crippen LogP contribution in [0.5, 0.6) is 0 Å². The molecule has 1 saturated heterocycles. The van der Waals surface area contributed by atoms with Crippen LogP contribution in [0, 0.1) is 11.3 Å². The average Bonchev–Trinajstić information content (AvgIpc) is 2.37. The van der Waals surface area contributed by atoms with Crippen LogP contribution >= 0.6 is 0 Å². The number of ether oxygens (including phenoxy) is 1. The third kappa shape index (κ3) is 4.17. The molecule has 6 heteroatoms. The maximum atomic E-state index is 12.0. The lowest BCUT2D eigenvalue weighted by Gasteiger charge is -2.59. The molecule has 0 radical (unpaired) electrons. The zero-order valence-corrected chi connectivity index (χ0v) is 16.2. The minimum atomic E-state index is -3.13. The quantitative estimate of drug-likeness (QED) is 0.825. The standard InChI is InChI=1S/C19H27NO4S/c1-18(2,3)24-17(21)20-12-19(13-20)10-15(11-19)9-14-5-7-16(8-6-14)25(4,22)23/h5-8,15H,9-13H2,1-4H3. The molecule has 3 rings (SSSR count). The number of carbonyl (C=O) groups excluding carboxylic acids is 1. The van der Waals surface area contributed by atoms with Crippen molar-refractivity contribution in [2.75, 3.05) is 19.3 Å². The number of hydrogen-bond donors (Lipinski definition) is 0. The third-order valence-corrected chi connectivity index (χ3v) is 6.15. The highest BCUT2D eigenvalue weighted by Gasteiger charge is 2.54. The second kappa shape index (κ2) is 6.01. The fourth-order valence-corrected chi connectivity index (χ4v) is 4.62. The summed E-state index contributed by atoms with van der Waals surface area (Å²) in [5.74, 6) is 0.616. The van der Waals surface area contributed by atoms with Crippen molar-refractivity contribution in [2.24, 2.45) is 11.3 Å². The van der Waals surface area contributed by atoms with Gasteiger partial charge in [0.05, 0.1) is 4.90 Å². The number of benzene rings is 1. The number of amides is 1. The van der Waals surface area contributed by atoms with E-state index in [1.54, 1.807) is 17.0 Å². The van der Waals surface area contributed by atoms with Gasteiger partial charge in [0.2, 0.25) is 0 Å². The Labute approximate surface area is 150 Å². The summed E-state index contributed by atoms with van der Waals surface area (Å²) < 4.78 is 28.4. The van der Waals surface area contributed by atoms with Gasteiger partial charge in [-0.05, 0) is 63.6 Å². The van der Waals surface area contributed by atoms with Gasteiger partial charge in [-0.3, -0.25) is 0 Å². The van der Waals surface area contributed by atoms with E-state index in [2.05, 4.69) is 0 Å². The van der Waals surface area contributed by atoms with Crippen LogP contribution in [0.25, 0.3) is 0 Å². The van der Waals surface area contributed by atoms with E-state index in [0.29, 0.717) is 10.8 Å². The first kappa shape index (κ1) is 18.2. The highest BCUT2D eigenvalue weighted by Crippen LogP contribution is 2.53. The minimum Gasteiger partial charge on any atom is -0.444 e. The molecule has 1 heterocycles. The lowest BCUT2D eigenvalue weighted by Crippen LogP contribution is -2.64. The molecule has 25 heavy (non-hydrogen) atoms. The lowest BCUT2D eigenvalue weighted by molar-refractivity contribution is -0.0947. The zero-order chi connectivity index (χ0) is 18.5. The van der Waals surface area contributed by atoms with Crippen LogP contribution in [0.2, 0.25) is 0 Å². The van der Waals surface area contributed by atoms with Gasteiger partial charge < -0.3 is 9.64 Å². The first-order valence-corrected chi connectivity index (χ1v) is 10.6. The fourth-order valence-electron chi connectivity index (χ4n) is 3.99. The Balaban J connectivity index is 1.46. The van der Waals surface area contributed by atoms with E-state index in [0.717, 1.165) is 32.4 Å². The number of hydrogen-bond acceptors (Lipinski definition) is 4. The normalized spacial score (nSPS) is 20.1. The van der Waals surface area contributed by atoms with Crippen molar-refractivity contribution in [3.63, 3.8) is 0 Å². The van der Waals surface area contributed by atoms with E-state index in [-0.39, 0.29) is 11.5 Å².